The van der Waals surface area contributed by atoms with Crippen molar-refractivity contribution >= 4 is 17.1 Å². The van der Waals surface area contributed by atoms with Gasteiger partial charge in [0.25, 0.3) is 5.69 Å². The van der Waals surface area contributed by atoms with Gasteiger partial charge in [0.1, 0.15) is 0 Å². The molecule has 0 atom stereocenters. The Bertz CT molecular complexity index is 473. The molecule has 0 aliphatic heterocycles. The van der Waals surface area contributed by atoms with E-state index in [2.05, 4.69) is 10.6 Å². The molecule has 0 amide bonds. The summed E-state index contributed by atoms with van der Waals surface area (Å²) in [5.41, 5.74) is 0.602. The van der Waals surface area contributed by atoms with Crippen LogP contribution in [-0.2, 0) is 0 Å². The molecule has 0 heterocycles. The first kappa shape index (κ1) is 17.2. The minimum Gasteiger partial charge on any atom is -0.388 e. The van der Waals surface area contributed by atoms with Crippen LogP contribution in [0.2, 0.25) is 0 Å². The SMILES string of the molecule is CCCNc1cc(NCC(O)(CC)CC)cc([N+](=O)[O-])c1. The zero-order valence-corrected chi connectivity index (χ0v) is 13.0. The lowest BCUT2D eigenvalue weighted by atomic mass is 9.97. The van der Waals surface area contributed by atoms with Gasteiger partial charge >= 0.3 is 0 Å². The van der Waals surface area contributed by atoms with Crippen molar-refractivity contribution in [3.8, 4) is 0 Å². The molecule has 0 aromatic heterocycles. The molecule has 0 spiro atoms. The van der Waals surface area contributed by atoms with Crippen LogP contribution in [0.15, 0.2) is 18.2 Å². The lowest BCUT2D eigenvalue weighted by Crippen LogP contribution is -2.35. The molecule has 6 nitrogen and oxygen atoms in total. The van der Waals surface area contributed by atoms with Crippen molar-refractivity contribution in [2.24, 2.45) is 0 Å². The van der Waals surface area contributed by atoms with Gasteiger partial charge in [0.05, 0.1) is 10.5 Å². The Morgan fingerprint density at radius 2 is 1.71 bits per heavy atom. The monoisotopic (exact) mass is 295 g/mol. The highest BCUT2D eigenvalue weighted by atomic mass is 16.6. The topological polar surface area (TPSA) is 87.4 Å². The second kappa shape index (κ2) is 7.83. The molecular weight excluding hydrogens is 270 g/mol. The van der Waals surface area contributed by atoms with Gasteiger partial charge < -0.3 is 15.7 Å². The fraction of sp³-hybridized carbons (Fsp3) is 0.600. The summed E-state index contributed by atoms with van der Waals surface area (Å²) in [5.74, 6) is 0. The number of non-ortho nitro benzene ring substituents is 1. The Balaban J connectivity index is 2.89. The molecule has 1 aromatic rings. The van der Waals surface area contributed by atoms with Crippen molar-refractivity contribution in [2.75, 3.05) is 23.7 Å². The maximum Gasteiger partial charge on any atom is 0.273 e. The van der Waals surface area contributed by atoms with Crippen molar-refractivity contribution in [2.45, 2.75) is 45.6 Å². The molecule has 1 aromatic carbocycles. The van der Waals surface area contributed by atoms with Gasteiger partial charge in [0.2, 0.25) is 0 Å². The summed E-state index contributed by atoms with van der Waals surface area (Å²) in [4.78, 5) is 10.6. The number of benzene rings is 1. The van der Waals surface area contributed by atoms with Crippen molar-refractivity contribution in [1.29, 1.82) is 0 Å². The first-order chi connectivity index (χ1) is 9.94. The Hall–Kier alpha value is -1.82. The molecule has 0 aliphatic carbocycles. The number of aliphatic hydroxyl groups is 1. The summed E-state index contributed by atoms with van der Waals surface area (Å²) in [6.07, 6.45) is 2.20. The molecule has 0 bridgehead atoms. The van der Waals surface area contributed by atoms with Crippen LogP contribution in [-0.4, -0.2) is 28.7 Å². The number of nitro benzene ring substituents is 1. The van der Waals surface area contributed by atoms with E-state index >= 15 is 0 Å². The van der Waals surface area contributed by atoms with Crippen LogP contribution >= 0.6 is 0 Å². The first-order valence-corrected chi connectivity index (χ1v) is 7.43. The molecule has 21 heavy (non-hydrogen) atoms. The fourth-order valence-electron chi connectivity index (χ4n) is 1.96. The third-order valence-electron chi connectivity index (χ3n) is 3.65. The van der Waals surface area contributed by atoms with E-state index in [1.165, 1.54) is 12.1 Å². The number of nitrogens with zero attached hydrogens (tertiary/aromatic N) is 1. The Labute approximate surface area is 125 Å². The van der Waals surface area contributed by atoms with Crippen LogP contribution in [0.4, 0.5) is 17.1 Å². The third kappa shape index (κ3) is 5.23. The smallest absolute Gasteiger partial charge is 0.273 e. The van der Waals surface area contributed by atoms with Crippen LogP contribution in [0.1, 0.15) is 40.0 Å². The lowest BCUT2D eigenvalue weighted by molar-refractivity contribution is -0.384. The van der Waals surface area contributed by atoms with Crippen molar-refractivity contribution in [1.82, 2.24) is 0 Å². The van der Waals surface area contributed by atoms with Crippen LogP contribution in [0.3, 0.4) is 0 Å². The molecule has 6 heteroatoms. The van der Waals surface area contributed by atoms with Crippen LogP contribution < -0.4 is 10.6 Å². The van der Waals surface area contributed by atoms with Gasteiger partial charge in [-0.1, -0.05) is 20.8 Å². The van der Waals surface area contributed by atoms with Gasteiger partial charge in [-0.2, -0.15) is 0 Å². The molecule has 0 fully saturated rings. The maximum atomic E-state index is 11.0. The molecular formula is C15H25N3O3. The summed E-state index contributed by atoms with van der Waals surface area (Å²) in [7, 11) is 0. The zero-order valence-electron chi connectivity index (χ0n) is 13.0. The predicted octanol–water partition coefficient (Wildman–Crippen LogP) is 3.38. The van der Waals surface area contributed by atoms with E-state index in [4.69, 9.17) is 0 Å². The van der Waals surface area contributed by atoms with Gasteiger partial charge in [-0.15, -0.1) is 0 Å². The summed E-state index contributed by atoms with van der Waals surface area (Å²) < 4.78 is 0. The minimum atomic E-state index is -0.790. The second-order valence-electron chi connectivity index (χ2n) is 5.24. The van der Waals surface area contributed by atoms with E-state index < -0.39 is 10.5 Å². The van der Waals surface area contributed by atoms with E-state index in [0.717, 1.165) is 13.0 Å². The number of nitrogens with one attached hydrogen (secondary N) is 2. The number of anilines is 2. The van der Waals surface area contributed by atoms with Gasteiger partial charge in [0, 0.05) is 36.6 Å². The molecule has 3 N–H and O–H groups in total. The molecule has 118 valence electrons. The number of hydrogen-bond acceptors (Lipinski definition) is 5. The first-order valence-electron chi connectivity index (χ1n) is 7.43. The fourth-order valence-corrected chi connectivity index (χ4v) is 1.96. The number of rotatable bonds is 9. The van der Waals surface area contributed by atoms with E-state index in [1.54, 1.807) is 0 Å². The minimum absolute atomic E-state index is 0.0372. The van der Waals surface area contributed by atoms with Crippen LogP contribution in [0.5, 0.6) is 0 Å². The maximum absolute atomic E-state index is 11.0. The predicted molar refractivity (Wildman–Crippen MR) is 85.9 cm³/mol. The summed E-state index contributed by atoms with van der Waals surface area (Å²) >= 11 is 0. The highest BCUT2D eigenvalue weighted by Gasteiger charge is 2.22. The molecule has 1 rings (SSSR count). The lowest BCUT2D eigenvalue weighted by Gasteiger charge is -2.26. The van der Waals surface area contributed by atoms with Gasteiger partial charge in [-0.25, -0.2) is 0 Å². The van der Waals surface area contributed by atoms with E-state index in [0.29, 0.717) is 30.8 Å². The van der Waals surface area contributed by atoms with Gasteiger partial charge in [-0.3, -0.25) is 10.1 Å². The third-order valence-corrected chi connectivity index (χ3v) is 3.65. The zero-order chi connectivity index (χ0) is 15.9. The average Bonchev–Trinajstić information content (AvgIpc) is 2.50. The average molecular weight is 295 g/mol. The Morgan fingerprint density at radius 1 is 1.14 bits per heavy atom. The second-order valence-corrected chi connectivity index (χ2v) is 5.24. The van der Waals surface area contributed by atoms with Crippen molar-refractivity contribution in [3.05, 3.63) is 28.3 Å². The van der Waals surface area contributed by atoms with Gasteiger partial charge in [-0.05, 0) is 25.3 Å². The van der Waals surface area contributed by atoms with Crippen molar-refractivity contribution in [3.63, 3.8) is 0 Å². The Kier molecular flexibility index (Phi) is 6.42. The normalized spacial score (nSPS) is 11.2. The molecule has 0 unspecified atom stereocenters. The van der Waals surface area contributed by atoms with Gasteiger partial charge in [0.15, 0.2) is 0 Å². The largest absolute Gasteiger partial charge is 0.388 e. The number of nitro groups is 1. The summed E-state index contributed by atoms with van der Waals surface area (Å²) in [6.45, 7) is 7.01. The quantitative estimate of drug-likeness (QED) is 0.480. The number of hydrogen-bond donors (Lipinski definition) is 3. The van der Waals surface area contributed by atoms with E-state index in [1.807, 2.05) is 26.8 Å². The summed E-state index contributed by atoms with van der Waals surface area (Å²) in [6, 6.07) is 4.84. The molecule has 0 saturated heterocycles. The van der Waals surface area contributed by atoms with E-state index in [-0.39, 0.29) is 5.69 Å². The van der Waals surface area contributed by atoms with Crippen molar-refractivity contribution < 1.29 is 10.0 Å². The molecule has 0 aliphatic rings. The highest BCUT2D eigenvalue weighted by Crippen LogP contribution is 2.25. The molecule has 0 radical (unpaired) electrons. The van der Waals surface area contributed by atoms with E-state index in [9.17, 15) is 15.2 Å². The van der Waals surface area contributed by atoms with Crippen LogP contribution in [0.25, 0.3) is 0 Å². The standard InChI is InChI=1S/C15H25N3O3/c1-4-7-16-12-8-13(10-14(9-12)18(20)21)17-11-15(19,5-2)6-3/h8-10,16-17,19H,4-7,11H2,1-3H3. The molecule has 0 saturated carbocycles. The Morgan fingerprint density at radius 3 is 2.19 bits per heavy atom. The highest BCUT2D eigenvalue weighted by molar-refractivity contribution is 5.63. The van der Waals surface area contributed by atoms with Crippen LogP contribution in [0, 0.1) is 10.1 Å². The summed E-state index contributed by atoms with van der Waals surface area (Å²) in [5, 5.41) is 27.5.